The van der Waals surface area contributed by atoms with Gasteiger partial charge in [-0.3, -0.25) is 24.6 Å². The summed E-state index contributed by atoms with van der Waals surface area (Å²) in [6.45, 7) is 3.04. The molecule has 0 aliphatic carbocycles. The molecule has 3 fully saturated rings. The number of carbonyl (C=O) groups is 3. The van der Waals surface area contributed by atoms with Crippen LogP contribution in [0.25, 0.3) is 0 Å². The van der Waals surface area contributed by atoms with Gasteiger partial charge in [0.15, 0.2) is 0 Å². The molecule has 3 heterocycles. The number of likely N-dealkylation sites (tertiary alicyclic amines) is 1. The van der Waals surface area contributed by atoms with Crippen molar-refractivity contribution in [1.82, 2.24) is 20.9 Å². The predicted octanol–water partition coefficient (Wildman–Crippen LogP) is 0.980. The average Bonchev–Trinajstić information content (AvgIpc) is 2.78. The number of carbonyl (C=O) groups excluding carboxylic acids is 3. The molecule has 31 heavy (non-hydrogen) atoms. The van der Waals surface area contributed by atoms with Crippen molar-refractivity contribution >= 4 is 23.4 Å². The number of rotatable bonds is 5. The van der Waals surface area contributed by atoms with Crippen molar-refractivity contribution in [2.24, 2.45) is 11.8 Å². The highest BCUT2D eigenvalue weighted by atomic mass is 16.5. The molecule has 4 rings (SSSR count). The lowest BCUT2D eigenvalue weighted by atomic mass is 9.81. The molecule has 4 N–H and O–H groups in total. The van der Waals surface area contributed by atoms with E-state index in [1.165, 1.54) is 6.42 Å². The maximum absolute atomic E-state index is 13.1. The van der Waals surface area contributed by atoms with Gasteiger partial charge < -0.3 is 20.7 Å². The standard InChI is InChI=1S/C22H31N5O4/c1-3-14-8-4-5-10-27(14)22-25-19-18(21(30)26-22)16(12-17(28)24-19)20(29)23-13-7-6-9-15(11-13)31-2/h6-7,9,11,14,16,18-19,22,25H,3-5,8,10,12H2,1-2H3,(H,23,29)(H,24,28)(H,26,30). The molecule has 0 aromatic heterocycles. The third-order valence-electron chi connectivity index (χ3n) is 6.58. The number of fused-ring (bicyclic) bond motifs is 1. The van der Waals surface area contributed by atoms with Crippen molar-refractivity contribution in [2.45, 2.75) is 57.5 Å². The van der Waals surface area contributed by atoms with E-state index in [1.54, 1.807) is 31.4 Å². The first-order chi connectivity index (χ1) is 15.0. The Bertz CT molecular complexity index is 847. The van der Waals surface area contributed by atoms with Crippen LogP contribution >= 0.6 is 0 Å². The number of anilines is 1. The fraction of sp³-hybridized carbons (Fsp3) is 0.591. The van der Waals surface area contributed by atoms with Gasteiger partial charge in [0, 0.05) is 30.8 Å². The number of hydrogen-bond donors (Lipinski definition) is 4. The van der Waals surface area contributed by atoms with Gasteiger partial charge in [-0.05, 0) is 31.4 Å². The predicted molar refractivity (Wildman–Crippen MR) is 115 cm³/mol. The molecule has 3 aliphatic heterocycles. The van der Waals surface area contributed by atoms with Crippen LogP contribution < -0.4 is 26.0 Å². The number of hydrogen-bond acceptors (Lipinski definition) is 6. The van der Waals surface area contributed by atoms with Crippen molar-refractivity contribution in [3.05, 3.63) is 24.3 Å². The second kappa shape index (κ2) is 9.23. The molecule has 168 valence electrons. The molecule has 0 spiro atoms. The van der Waals surface area contributed by atoms with Crippen molar-refractivity contribution in [3.8, 4) is 5.75 Å². The largest absolute Gasteiger partial charge is 0.497 e. The van der Waals surface area contributed by atoms with Crippen molar-refractivity contribution in [1.29, 1.82) is 0 Å². The molecule has 3 saturated heterocycles. The average molecular weight is 430 g/mol. The minimum absolute atomic E-state index is 0.0297. The van der Waals surface area contributed by atoms with E-state index in [1.807, 2.05) is 0 Å². The number of methoxy groups -OCH3 is 1. The Balaban J connectivity index is 1.49. The normalized spacial score (nSPS) is 31.2. The Morgan fingerprint density at radius 1 is 1.26 bits per heavy atom. The minimum atomic E-state index is -0.762. The summed E-state index contributed by atoms with van der Waals surface area (Å²) in [6, 6.07) is 7.39. The van der Waals surface area contributed by atoms with Crippen LogP contribution in [0.1, 0.15) is 39.0 Å². The maximum Gasteiger partial charge on any atom is 0.229 e. The zero-order valence-corrected chi connectivity index (χ0v) is 18.0. The summed E-state index contributed by atoms with van der Waals surface area (Å²) < 4.78 is 5.19. The van der Waals surface area contributed by atoms with Gasteiger partial charge in [-0.2, -0.15) is 0 Å². The summed E-state index contributed by atoms with van der Waals surface area (Å²) in [5.74, 6) is -1.62. The van der Waals surface area contributed by atoms with Gasteiger partial charge in [0.25, 0.3) is 0 Å². The number of nitrogens with one attached hydrogen (secondary N) is 4. The van der Waals surface area contributed by atoms with Crippen LogP contribution in [0.15, 0.2) is 24.3 Å². The number of nitrogens with zero attached hydrogens (tertiary/aromatic N) is 1. The van der Waals surface area contributed by atoms with Crippen LogP contribution in [-0.2, 0) is 14.4 Å². The van der Waals surface area contributed by atoms with Gasteiger partial charge in [0.05, 0.1) is 25.1 Å². The van der Waals surface area contributed by atoms with E-state index >= 15 is 0 Å². The summed E-state index contributed by atoms with van der Waals surface area (Å²) in [5.41, 5.74) is 0.563. The van der Waals surface area contributed by atoms with E-state index in [0.717, 1.165) is 25.8 Å². The number of ether oxygens (including phenoxy) is 1. The molecule has 9 heteroatoms. The van der Waals surface area contributed by atoms with Crippen molar-refractivity contribution in [3.63, 3.8) is 0 Å². The van der Waals surface area contributed by atoms with E-state index in [9.17, 15) is 14.4 Å². The van der Waals surface area contributed by atoms with E-state index in [2.05, 4.69) is 33.1 Å². The smallest absolute Gasteiger partial charge is 0.229 e. The van der Waals surface area contributed by atoms with Gasteiger partial charge in [0.2, 0.25) is 17.7 Å². The quantitative estimate of drug-likeness (QED) is 0.555. The lowest BCUT2D eigenvalue weighted by molar-refractivity contribution is -0.148. The molecule has 9 nitrogen and oxygen atoms in total. The van der Waals surface area contributed by atoms with E-state index in [4.69, 9.17) is 4.74 Å². The summed E-state index contributed by atoms with van der Waals surface area (Å²) in [6.07, 6.45) is 3.40. The summed E-state index contributed by atoms with van der Waals surface area (Å²) in [5, 5.41) is 12.1. The van der Waals surface area contributed by atoms with Crippen LogP contribution in [0.5, 0.6) is 5.75 Å². The molecular weight excluding hydrogens is 398 g/mol. The molecule has 1 aromatic rings. The van der Waals surface area contributed by atoms with Gasteiger partial charge >= 0.3 is 0 Å². The molecule has 3 aliphatic rings. The second-order valence-electron chi connectivity index (χ2n) is 8.48. The Hall–Kier alpha value is -2.65. The number of amides is 3. The van der Waals surface area contributed by atoms with Gasteiger partial charge in [0.1, 0.15) is 12.0 Å². The molecule has 3 amide bonds. The van der Waals surface area contributed by atoms with Crippen molar-refractivity contribution in [2.75, 3.05) is 19.0 Å². The molecule has 0 radical (unpaired) electrons. The van der Waals surface area contributed by atoms with Crippen molar-refractivity contribution < 1.29 is 19.1 Å². The fourth-order valence-corrected chi connectivity index (χ4v) is 4.97. The Morgan fingerprint density at radius 2 is 2.10 bits per heavy atom. The lowest BCUT2D eigenvalue weighted by Gasteiger charge is -2.49. The monoisotopic (exact) mass is 429 g/mol. The van der Waals surface area contributed by atoms with Gasteiger partial charge in [-0.15, -0.1) is 0 Å². The van der Waals surface area contributed by atoms with Crippen LogP contribution in [0, 0.1) is 11.8 Å². The molecule has 1 aromatic carbocycles. The summed E-state index contributed by atoms with van der Waals surface area (Å²) in [4.78, 5) is 40.8. The van der Waals surface area contributed by atoms with Crippen LogP contribution in [0.3, 0.4) is 0 Å². The summed E-state index contributed by atoms with van der Waals surface area (Å²) >= 11 is 0. The Morgan fingerprint density at radius 3 is 2.87 bits per heavy atom. The number of piperidine rings is 2. The first-order valence-corrected chi connectivity index (χ1v) is 11.1. The van der Waals surface area contributed by atoms with E-state index in [-0.39, 0.29) is 30.4 Å². The van der Waals surface area contributed by atoms with E-state index < -0.39 is 18.0 Å². The highest BCUT2D eigenvalue weighted by molar-refractivity contribution is 6.00. The zero-order valence-electron chi connectivity index (χ0n) is 18.0. The van der Waals surface area contributed by atoms with Crippen LogP contribution in [0.4, 0.5) is 5.69 Å². The van der Waals surface area contributed by atoms with Crippen LogP contribution in [0.2, 0.25) is 0 Å². The maximum atomic E-state index is 13.1. The molecule has 5 unspecified atom stereocenters. The second-order valence-corrected chi connectivity index (χ2v) is 8.48. The highest BCUT2D eigenvalue weighted by Crippen LogP contribution is 2.30. The van der Waals surface area contributed by atoms with Gasteiger partial charge in [-0.25, -0.2) is 0 Å². The van der Waals surface area contributed by atoms with Gasteiger partial charge in [-0.1, -0.05) is 19.4 Å². The first kappa shape index (κ1) is 21.6. The van der Waals surface area contributed by atoms with Crippen LogP contribution in [-0.4, -0.2) is 54.8 Å². The molecule has 5 atom stereocenters. The zero-order chi connectivity index (χ0) is 22.0. The minimum Gasteiger partial charge on any atom is -0.497 e. The third kappa shape index (κ3) is 4.52. The third-order valence-corrected chi connectivity index (χ3v) is 6.58. The lowest BCUT2D eigenvalue weighted by Crippen LogP contribution is -2.75. The Labute approximate surface area is 182 Å². The number of benzene rings is 1. The molecule has 0 bridgehead atoms. The first-order valence-electron chi connectivity index (χ1n) is 11.1. The SMILES string of the molecule is CCC1CCCCN1C1NC(=O)C2C(NC(=O)CC2C(=O)Nc2cccc(OC)c2)N1. The highest BCUT2D eigenvalue weighted by Gasteiger charge is 2.49. The molecule has 0 saturated carbocycles. The summed E-state index contributed by atoms with van der Waals surface area (Å²) in [7, 11) is 1.55. The van der Waals surface area contributed by atoms with E-state index in [0.29, 0.717) is 17.5 Å². The Kier molecular flexibility index (Phi) is 6.43. The molecular formula is C22H31N5O4. The topological polar surface area (TPSA) is 112 Å². The fourth-order valence-electron chi connectivity index (χ4n) is 4.97.